The molecule has 1 N–H and O–H groups in total. The van der Waals surface area contributed by atoms with Gasteiger partial charge in [0.15, 0.2) is 0 Å². The molecule has 0 atom stereocenters. The summed E-state index contributed by atoms with van der Waals surface area (Å²) in [7, 11) is 1.64. The number of carbonyl (C=O) groups excluding carboxylic acids is 2. The highest BCUT2D eigenvalue weighted by molar-refractivity contribution is 5.79. The molecule has 0 unspecified atom stereocenters. The first-order valence-electron chi connectivity index (χ1n) is 10.9. The highest BCUT2D eigenvalue weighted by Gasteiger charge is 2.35. The third-order valence-electron chi connectivity index (χ3n) is 6.14. The average molecular weight is 413 g/mol. The second-order valence-electron chi connectivity index (χ2n) is 8.31. The molecule has 1 aliphatic heterocycles. The van der Waals surface area contributed by atoms with Crippen LogP contribution < -0.4 is 10.1 Å². The molecule has 1 aromatic carbocycles. The van der Waals surface area contributed by atoms with Crippen molar-refractivity contribution in [2.75, 3.05) is 39.8 Å². The summed E-state index contributed by atoms with van der Waals surface area (Å²) in [6.45, 7) is 3.12. The summed E-state index contributed by atoms with van der Waals surface area (Å²) < 4.78 is 5.17. The number of nitrogens with one attached hydrogen (secondary N) is 1. The van der Waals surface area contributed by atoms with E-state index >= 15 is 0 Å². The molecule has 0 radical (unpaired) electrons. The molecular formula is C23H32N4O3. The van der Waals surface area contributed by atoms with E-state index in [1.54, 1.807) is 7.11 Å². The predicted octanol–water partition coefficient (Wildman–Crippen LogP) is 2.11. The molecule has 3 rings (SSSR count). The Morgan fingerprint density at radius 3 is 2.50 bits per heavy atom. The van der Waals surface area contributed by atoms with Crippen LogP contribution in [0.4, 0.5) is 0 Å². The van der Waals surface area contributed by atoms with Crippen LogP contribution in [-0.4, -0.2) is 67.0 Å². The van der Waals surface area contributed by atoms with Crippen LogP contribution in [0.5, 0.6) is 5.75 Å². The SMILES string of the molecule is COc1ccc(CCC(=O)N2CCCN(CC(=O)NC3(C#N)CCCC3)CC2)cc1. The fraction of sp³-hybridized carbons (Fsp3) is 0.609. The highest BCUT2D eigenvalue weighted by atomic mass is 16.5. The van der Waals surface area contributed by atoms with Crippen molar-refractivity contribution in [1.82, 2.24) is 15.1 Å². The highest BCUT2D eigenvalue weighted by Crippen LogP contribution is 2.28. The van der Waals surface area contributed by atoms with Crippen LogP contribution in [0, 0.1) is 11.3 Å². The molecule has 1 heterocycles. The second-order valence-corrected chi connectivity index (χ2v) is 8.31. The summed E-state index contributed by atoms with van der Waals surface area (Å²) in [6.07, 6.45) is 5.51. The Balaban J connectivity index is 1.43. The lowest BCUT2D eigenvalue weighted by atomic mass is 10.00. The molecule has 1 aliphatic carbocycles. The lowest BCUT2D eigenvalue weighted by Gasteiger charge is -2.25. The van der Waals surface area contributed by atoms with Gasteiger partial charge in [-0.1, -0.05) is 12.1 Å². The molecule has 7 nitrogen and oxygen atoms in total. The number of nitrogens with zero attached hydrogens (tertiary/aromatic N) is 3. The van der Waals surface area contributed by atoms with Gasteiger partial charge in [-0.15, -0.1) is 0 Å². The first-order valence-corrected chi connectivity index (χ1v) is 10.9. The number of rotatable bonds is 7. The molecule has 0 bridgehead atoms. The van der Waals surface area contributed by atoms with Crippen molar-refractivity contribution in [3.63, 3.8) is 0 Å². The summed E-state index contributed by atoms with van der Waals surface area (Å²) >= 11 is 0. The Morgan fingerprint density at radius 1 is 1.10 bits per heavy atom. The molecule has 30 heavy (non-hydrogen) atoms. The van der Waals surface area contributed by atoms with Crippen molar-refractivity contribution in [1.29, 1.82) is 5.26 Å². The van der Waals surface area contributed by atoms with Crippen LogP contribution in [0.15, 0.2) is 24.3 Å². The van der Waals surface area contributed by atoms with Crippen molar-refractivity contribution in [3.8, 4) is 11.8 Å². The van der Waals surface area contributed by atoms with E-state index < -0.39 is 5.54 Å². The van der Waals surface area contributed by atoms with E-state index in [0.29, 0.717) is 25.9 Å². The summed E-state index contributed by atoms with van der Waals surface area (Å²) in [5.74, 6) is 0.889. The molecule has 0 aromatic heterocycles. The maximum absolute atomic E-state index is 12.7. The third kappa shape index (κ3) is 5.96. The van der Waals surface area contributed by atoms with Crippen molar-refractivity contribution in [2.45, 2.75) is 50.5 Å². The summed E-state index contributed by atoms with van der Waals surface area (Å²) in [5, 5.41) is 12.4. The van der Waals surface area contributed by atoms with E-state index in [-0.39, 0.29) is 18.4 Å². The first-order chi connectivity index (χ1) is 14.5. The Labute approximate surface area is 179 Å². The van der Waals surface area contributed by atoms with Gasteiger partial charge >= 0.3 is 0 Å². The van der Waals surface area contributed by atoms with Gasteiger partial charge in [-0.3, -0.25) is 14.5 Å². The number of amides is 2. The van der Waals surface area contributed by atoms with Crippen molar-refractivity contribution < 1.29 is 14.3 Å². The summed E-state index contributed by atoms with van der Waals surface area (Å²) in [5.41, 5.74) is 0.447. The van der Waals surface area contributed by atoms with Crippen LogP contribution >= 0.6 is 0 Å². The molecular weight excluding hydrogens is 380 g/mol. The number of benzene rings is 1. The van der Waals surface area contributed by atoms with Crippen LogP contribution in [0.1, 0.15) is 44.1 Å². The first kappa shape index (κ1) is 22.1. The lowest BCUT2D eigenvalue weighted by molar-refractivity contribution is -0.131. The average Bonchev–Trinajstić information content (AvgIpc) is 3.10. The van der Waals surface area contributed by atoms with Crippen molar-refractivity contribution in [2.24, 2.45) is 0 Å². The normalized spacial score (nSPS) is 19.0. The van der Waals surface area contributed by atoms with E-state index in [4.69, 9.17) is 4.74 Å². The number of ether oxygens (including phenoxy) is 1. The Kier molecular flexibility index (Phi) is 7.69. The van der Waals surface area contributed by atoms with Crippen molar-refractivity contribution in [3.05, 3.63) is 29.8 Å². The quantitative estimate of drug-likeness (QED) is 0.741. The van der Waals surface area contributed by atoms with Crippen LogP contribution in [0.2, 0.25) is 0 Å². The molecule has 2 fully saturated rings. The lowest BCUT2D eigenvalue weighted by Crippen LogP contribution is -2.49. The number of aryl methyl sites for hydroxylation is 1. The van der Waals surface area contributed by atoms with Gasteiger partial charge in [-0.25, -0.2) is 0 Å². The summed E-state index contributed by atoms with van der Waals surface area (Å²) in [6, 6.07) is 10.1. The van der Waals surface area contributed by atoms with Gasteiger partial charge in [-0.2, -0.15) is 5.26 Å². The number of nitriles is 1. The van der Waals surface area contributed by atoms with Crippen LogP contribution in [-0.2, 0) is 16.0 Å². The fourth-order valence-electron chi connectivity index (χ4n) is 4.33. The minimum atomic E-state index is -0.674. The summed E-state index contributed by atoms with van der Waals surface area (Å²) in [4.78, 5) is 29.1. The fourth-order valence-corrected chi connectivity index (χ4v) is 4.33. The molecule has 2 amide bonds. The maximum Gasteiger partial charge on any atom is 0.235 e. The number of hydrogen-bond donors (Lipinski definition) is 1. The predicted molar refractivity (Wildman–Crippen MR) is 114 cm³/mol. The number of hydrogen-bond acceptors (Lipinski definition) is 5. The monoisotopic (exact) mass is 412 g/mol. The maximum atomic E-state index is 12.7. The second kappa shape index (κ2) is 10.4. The van der Waals surface area contributed by atoms with E-state index in [1.807, 2.05) is 29.2 Å². The molecule has 162 valence electrons. The largest absolute Gasteiger partial charge is 0.497 e. The molecule has 2 aliphatic rings. The van der Waals surface area contributed by atoms with Gasteiger partial charge in [0.1, 0.15) is 11.3 Å². The van der Waals surface area contributed by atoms with Gasteiger partial charge < -0.3 is 15.0 Å². The zero-order valence-electron chi connectivity index (χ0n) is 17.9. The zero-order valence-corrected chi connectivity index (χ0v) is 17.9. The Hall–Kier alpha value is -2.59. The Morgan fingerprint density at radius 2 is 1.83 bits per heavy atom. The Bertz CT molecular complexity index is 766. The van der Waals surface area contributed by atoms with Gasteiger partial charge in [0.05, 0.1) is 19.7 Å². The number of methoxy groups -OCH3 is 1. The van der Waals surface area contributed by atoms with Gasteiger partial charge in [0, 0.05) is 32.6 Å². The van der Waals surface area contributed by atoms with Crippen LogP contribution in [0.25, 0.3) is 0 Å². The molecule has 1 aromatic rings. The van der Waals surface area contributed by atoms with E-state index in [1.165, 1.54) is 0 Å². The molecule has 0 spiro atoms. The third-order valence-corrected chi connectivity index (χ3v) is 6.14. The molecule has 1 saturated heterocycles. The molecule has 1 saturated carbocycles. The molecule has 7 heteroatoms. The minimum absolute atomic E-state index is 0.0854. The van der Waals surface area contributed by atoms with E-state index in [0.717, 1.165) is 56.5 Å². The minimum Gasteiger partial charge on any atom is -0.497 e. The van der Waals surface area contributed by atoms with E-state index in [2.05, 4.69) is 16.3 Å². The smallest absolute Gasteiger partial charge is 0.235 e. The van der Waals surface area contributed by atoms with Gasteiger partial charge in [-0.05, 0) is 56.2 Å². The van der Waals surface area contributed by atoms with Gasteiger partial charge in [0.2, 0.25) is 11.8 Å². The zero-order chi connectivity index (χ0) is 21.4. The topological polar surface area (TPSA) is 85.7 Å². The van der Waals surface area contributed by atoms with Crippen molar-refractivity contribution >= 4 is 11.8 Å². The van der Waals surface area contributed by atoms with E-state index in [9.17, 15) is 14.9 Å². The van der Waals surface area contributed by atoms with Gasteiger partial charge in [0.25, 0.3) is 0 Å². The van der Waals surface area contributed by atoms with Crippen LogP contribution in [0.3, 0.4) is 0 Å². The number of carbonyl (C=O) groups is 2. The standard InChI is InChI=1S/C23H32N4O3/c1-30-20-8-5-19(6-9-20)7-10-22(29)27-14-4-13-26(15-16-27)17-21(28)25-23(18-24)11-2-3-12-23/h5-6,8-9H,2-4,7,10-17H2,1H3,(H,25,28).